The first-order chi connectivity index (χ1) is 9.56. The highest BCUT2D eigenvalue weighted by atomic mass is 35.5. The van der Waals surface area contributed by atoms with Crippen LogP contribution < -0.4 is 10.5 Å². The van der Waals surface area contributed by atoms with Crippen LogP contribution in [0, 0.1) is 5.82 Å². The molecule has 2 N–H and O–H groups in total. The molecule has 0 bridgehead atoms. The highest BCUT2D eigenvalue weighted by Gasteiger charge is 2.23. The summed E-state index contributed by atoms with van der Waals surface area (Å²) >= 11 is 6.01. The normalized spacial score (nSPS) is 12.9. The molecule has 3 nitrogen and oxygen atoms in total. The van der Waals surface area contributed by atoms with Crippen molar-refractivity contribution in [1.29, 1.82) is 0 Å². The van der Waals surface area contributed by atoms with Gasteiger partial charge in [-0.1, -0.05) is 11.6 Å². The van der Waals surface area contributed by atoms with Crippen LogP contribution in [0.5, 0.6) is 5.75 Å². The highest BCUT2D eigenvalue weighted by Crippen LogP contribution is 2.34. The van der Waals surface area contributed by atoms with Crippen molar-refractivity contribution in [3.8, 4) is 5.75 Å². The van der Waals surface area contributed by atoms with Gasteiger partial charge in [0.2, 0.25) is 0 Å². The second-order valence-corrected chi connectivity index (χ2v) is 5.04. The molecule has 1 aliphatic heterocycles. The number of ketones is 1. The van der Waals surface area contributed by atoms with E-state index in [1.807, 2.05) is 0 Å². The molecule has 0 amide bonds. The smallest absolute Gasteiger partial charge is 0.196 e. The Morgan fingerprint density at radius 2 is 2.10 bits per heavy atom. The number of benzene rings is 2. The molecule has 0 atom stereocenters. The van der Waals surface area contributed by atoms with E-state index in [0.717, 1.165) is 11.6 Å². The van der Waals surface area contributed by atoms with Crippen molar-refractivity contribution in [2.45, 2.75) is 6.42 Å². The van der Waals surface area contributed by atoms with E-state index in [-0.39, 0.29) is 17.0 Å². The van der Waals surface area contributed by atoms with Gasteiger partial charge in [-0.15, -0.1) is 0 Å². The molecule has 0 aliphatic carbocycles. The van der Waals surface area contributed by atoms with E-state index >= 15 is 0 Å². The summed E-state index contributed by atoms with van der Waals surface area (Å²) < 4.78 is 19.0. The molecule has 1 heterocycles. The van der Waals surface area contributed by atoms with Crippen LogP contribution in [0.2, 0.25) is 5.02 Å². The van der Waals surface area contributed by atoms with Crippen molar-refractivity contribution in [2.75, 3.05) is 12.3 Å². The Hall–Kier alpha value is -2.07. The van der Waals surface area contributed by atoms with Crippen molar-refractivity contribution in [3.05, 3.63) is 57.9 Å². The zero-order valence-electron chi connectivity index (χ0n) is 10.5. The summed E-state index contributed by atoms with van der Waals surface area (Å²) in [6.07, 6.45) is 0.715. The summed E-state index contributed by atoms with van der Waals surface area (Å²) in [5.74, 6) is -0.406. The Balaban J connectivity index is 2.09. The first kappa shape index (κ1) is 12.9. The molecule has 1 aliphatic rings. The first-order valence-electron chi connectivity index (χ1n) is 6.11. The van der Waals surface area contributed by atoms with Crippen LogP contribution in [0.25, 0.3) is 0 Å². The zero-order chi connectivity index (χ0) is 14.3. The van der Waals surface area contributed by atoms with Crippen LogP contribution in [-0.4, -0.2) is 12.4 Å². The Labute approximate surface area is 120 Å². The molecule has 20 heavy (non-hydrogen) atoms. The van der Waals surface area contributed by atoms with Crippen LogP contribution in [-0.2, 0) is 6.42 Å². The maximum Gasteiger partial charge on any atom is 0.196 e. The highest BCUT2D eigenvalue weighted by molar-refractivity contribution is 6.31. The van der Waals surface area contributed by atoms with Crippen LogP contribution in [0.1, 0.15) is 21.5 Å². The number of rotatable bonds is 2. The second kappa shape index (κ2) is 4.80. The molecule has 5 heteroatoms. The lowest BCUT2D eigenvalue weighted by atomic mass is 9.99. The number of hydrogen-bond donors (Lipinski definition) is 1. The van der Waals surface area contributed by atoms with E-state index in [4.69, 9.17) is 22.1 Å². The van der Waals surface area contributed by atoms with Crippen LogP contribution in [0.4, 0.5) is 10.1 Å². The van der Waals surface area contributed by atoms with Crippen LogP contribution in [0.15, 0.2) is 30.3 Å². The third-order valence-corrected chi connectivity index (χ3v) is 3.47. The lowest BCUT2D eigenvalue weighted by Gasteiger charge is -2.08. The quantitative estimate of drug-likeness (QED) is 0.683. The number of ether oxygens (including phenoxy) is 1. The molecule has 0 saturated heterocycles. The number of hydrogen-bond acceptors (Lipinski definition) is 3. The first-order valence-corrected chi connectivity index (χ1v) is 6.49. The molecule has 0 spiro atoms. The van der Waals surface area contributed by atoms with Gasteiger partial charge in [0, 0.05) is 17.0 Å². The monoisotopic (exact) mass is 291 g/mol. The molecule has 0 saturated carbocycles. The van der Waals surface area contributed by atoms with Crippen molar-refractivity contribution < 1.29 is 13.9 Å². The molecule has 102 valence electrons. The lowest BCUT2D eigenvalue weighted by Crippen LogP contribution is -2.05. The minimum absolute atomic E-state index is 0.00845. The zero-order valence-corrected chi connectivity index (χ0v) is 11.2. The molecule has 3 rings (SSSR count). The van der Waals surface area contributed by atoms with E-state index in [2.05, 4.69) is 0 Å². The van der Waals surface area contributed by atoms with E-state index in [0.29, 0.717) is 29.4 Å². The van der Waals surface area contributed by atoms with Gasteiger partial charge in [0.25, 0.3) is 0 Å². The Kier molecular flexibility index (Phi) is 3.10. The van der Waals surface area contributed by atoms with Gasteiger partial charge in [0.05, 0.1) is 17.9 Å². The van der Waals surface area contributed by atoms with Crippen molar-refractivity contribution in [1.82, 2.24) is 0 Å². The molecule has 2 aromatic rings. The van der Waals surface area contributed by atoms with E-state index in [9.17, 15) is 9.18 Å². The summed E-state index contributed by atoms with van der Waals surface area (Å²) in [5, 5.41) is 0.466. The van der Waals surface area contributed by atoms with Gasteiger partial charge in [0.15, 0.2) is 5.78 Å². The standard InChI is InChI=1S/C15H11ClFNO2/c16-10-5-9-3-4-20-15(9)11(7-10)14(19)8-1-2-13(18)12(17)6-8/h1-2,5-7H,3-4,18H2. The lowest BCUT2D eigenvalue weighted by molar-refractivity contribution is 0.103. The largest absolute Gasteiger partial charge is 0.492 e. The number of carbonyl (C=O) groups excluding carboxylic acids is 1. The van der Waals surface area contributed by atoms with Gasteiger partial charge in [-0.2, -0.15) is 0 Å². The molecule has 0 radical (unpaired) electrons. The fourth-order valence-electron chi connectivity index (χ4n) is 2.26. The van der Waals surface area contributed by atoms with E-state index in [1.165, 1.54) is 12.1 Å². The number of nitrogens with two attached hydrogens (primary N) is 1. The molecular formula is C15H11ClFNO2. The van der Waals surface area contributed by atoms with Gasteiger partial charge in [0.1, 0.15) is 11.6 Å². The molecule has 0 aromatic heterocycles. The average Bonchev–Trinajstić information content (AvgIpc) is 2.88. The Morgan fingerprint density at radius 1 is 1.30 bits per heavy atom. The molecule has 2 aromatic carbocycles. The SMILES string of the molecule is Nc1ccc(C(=O)c2cc(Cl)cc3c2OCC3)cc1F. The number of nitrogen functional groups attached to an aromatic ring is 1. The third kappa shape index (κ3) is 2.12. The fraction of sp³-hybridized carbons (Fsp3) is 0.133. The predicted molar refractivity (Wildman–Crippen MR) is 74.9 cm³/mol. The molecule has 0 unspecified atom stereocenters. The maximum absolute atomic E-state index is 13.5. The van der Waals surface area contributed by atoms with Gasteiger partial charge in [-0.05, 0) is 35.9 Å². The van der Waals surface area contributed by atoms with Gasteiger partial charge in [-0.25, -0.2) is 4.39 Å². The van der Waals surface area contributed by atoms with Crippen LogP contribution >= 0.6 is 11.6 Å². The van der Waals surface area contributed by atoms with Crippen molar-refractivity contribution in [2.24, 2.45) is 0 Å². The average molecular weight is 292 g/mol. The van der Waals surface area contributed by atoms with Gasteiger partial charge in [-0.3, -0.25) is 4.79 Å². The molecular weight excluding hydrogens is 281 g/mol. The summed E-state index contributed by atoms with van der Waals surface area (Å²) in [4.78, 5) is 12.5. The summed E-state index contributed by atoms with van der Waals surface area (Å²) in [7, 11) is 0. The Morgan fingerprint density at radius 3 is 2.85 bits per heavy atom. The summed E-state index contributed by atoms with van der Waals surface area (Å²) in [6.45, 7) is 0.520. The number of fused-ring (bicyclic) bond motifs is 1. The molecule has 0 fully saturated rings. The van der Waals surface area contributed by atoms with Crippen LogP contribution in [0.3, 0.4) is 0 Å². The minimum Gasteiger partial charge on any atom is -0.492 e. The number of anilines is 1. The summed E-state index contributed by atoms with van der Waals surface area (Å²) in [6, 6.07) is 7.31. The Bertz CT molecular complexity index is 715. The minimum atomic E-state index is -0.615. The fourth-order valence-corrected chi connectivity index (χ4v) is 2.50. The number of carbonyl (C=O) groups is 1. The second-order valence-electron chi connectivity index (χ2n) is 4.61. The topological polar surface area (TPSA) is 52.3 Å². The number of halogens is 2. The van der Waals surface area contributed by atoms with Crippen molar-refractivity contribution >= 4 is 23.1 Å². The van der Waals surface area contributed by atoms with E-state index < -0.39 is 5.82 Å². The van der Waals surface area contributed by atoms with E-state index in [1.54, 1.807) is 12.1 Å². The van der Waals surface area contributed by atoms with Crippen molar-refractivity contribution in [3.63, 3.8) is 0 Å². The predicted octanol–water partition coefficient (Wildman–Crippen LogP) is 3.23. The maximum atomic E-state index is 13.5. The van der Waals surface area contributed by atoms with Gasteiger partial charge < -0.3 is 10.5 Å². The van der Waals surface area contributed by atoms with Gasteiger partial charge >= 0.3 is 0 Å². The third-order valence-electron chi connectivity index (χ3n) is 3.26. The summed E-state index contributed by atoms with van der Waals surface area (Å²) in [5.41, 5.74) is 6.89.